The highest BCUT2D eigenvalue weighted by molar-refractivity contribution is 5.37. The number of hydrogen-bond donors (Lipinski definition) is 3. The number of rotatable bonds is 13. The highest BCUT2D eigenvalue weighted by Gasteiger charge is 2.22. The molecule has 1 aliphatic carbocycles. The molecule has 27 heavy (non-hydrogen) atoms. The number of nitrogens with zero attached hydrogens (tertiary/aromatic N) is 3. The molecule has 1 aromatic heterocycles. The third-order valence-corrected chi connectivity index (χ3v) is 3.96. The number of hydrogen-bond acceptors (Lipinski definition) is 8. The summed E-state index contributed by atoms with van der Waals surface area (Å²) in [6.07, 6.45) is 3.01. The standard InChI is InChI=1S/C19H28N6O2/c20-8-10-26-12-13-27-11-9-21-18-23-17(14-15-4-2-1-3-5-15)24-19(25-18)22-16-6-7-16/h1-5,16H,6-14,20H2,(H2,21,22,23,24,25). The summed E-state index contributed by atoms with van der Waals surface area (Å²) in [6, 6.07) is 10.7. The Bertz CT molecular complexity index is 681. The second kappa shape index (κ2) is 10.8. The molecule has 0 radical (unpaired) electrons. The van der Waals surface area contributed by atoms with Gasteiger partial charge >= 0.3 is 0 Å². The molecule has 0 bridgehead atoms. The van der Waals surface area contributed by atoms with Crippen molar-refractivity contribution in [3.63, 3.8) is 0 Å². The van der Waals surface area contributed by atoms with Crippen molar-refractivity contribution >= 4 is 11.9 Å². The van der Waals surface area contributed by atoms with E-state index in [9.17, 15) is 0 Å². The molecule has 1 aromatic carbocycles. The zero-order valence-electron chi connectivity index (χ0n) is 15.6. The average molecular weight is 372 g/mol. The van der Waals surface area contributed by atoms with Gasteiger partial charge in [0.25, 0.3) is 0 Å². The Kier molecular flexibility index (Phi) is 7.76. The number of anilines is 2. The van der Waals surface area contributed by atoms with Crippen molar-refractivity contribution < 1.29 is 9.47 Å². The van der Waals surface area contributed by atoms with Crippen LogP contribution in [0.25, 0.3) is 0 Å². The minimum Gasteiger partial charge on any atom is -0.378 e. The summed E-state index contributed by atoms with van der Waals surface area (Å²) in [6.45, 7) is 3.37. The molecule has 0 atom stereocenters. The molecule has 4 N–H and O–H groups in total. The van der Waals surface area contributed by atoms with E-state index in [2.05, 4.69) is 37.7 Å². The number of ether oxygens (including phenoxy) is 2. The fourth-order valence-electron chi connectivity index (χ4n) is 2.47. The van der Waals surface area contributed by atoms with E-state index < -0.39 is 0 Å². The lowest BCUT2D eigenvalue weighted by molar-refractivity contribution is 0.0547. The largest absolute Gasteiger partial charge is 0.378 e. The highest BCUT2D eigenvalue weighted by atomic mass is 16.5. The number of benzene rings is 1. The van der Waals surface area contributed by atoms with Gasteiger partial charge in [0.15, 0.2) is 0 Å². The van der Waals surface area contributed by atoms with Crippen LogP contribution in [0.4, 0.5) is 11.9 Å². The molecule has 1 aliphatic rings. The topological polar surface area (TPSA) is 107 Å². The molecule has 3 rings (SSSR count). The summed E-state index contributed by atoms with van der Waals surface area (Å²) in [5, 5.41) is 6.57. The molecule has 146 valence electrons. The summed E-state index contributed by atoms with van der Waals surface area (Å²) in [5.74, 6) is 1.96. The second-order valence-electron chi connectivity index (χ2n) is 6.42. The van der Waals surface area contributed by atoms with Crippen molar-refractivity contribution in [2.75, 3.05) is 50.2 Å². The molecule has 1 heterocycles. The van der Waals surface area contributed by atoms with Gasteiger partial charge in [-0.25, -0.2) is 0 Å². The van der Waals surface area contributed by atoms with Gasteiger partial charge in [-0.05, 0) is 18.4 Å². The fourth-order valence-corrected chi connectivity index (χ4v) is 2.47. The Morgan fingerprint density at radius 1 is 0.926 bits per heavy atom. The van der Waals surface area contributed by atoms with Crippen LogP contribution in [0.2, 0.25) is 0 Å². The van der Waals surface area contributed by atoms with Gasteiger partial charge in [-0.3, -0.25) is 0 Å². The smallest absolute Gasteiger partial charge is 0.227 e. The Hall–Kier alpha value is -2.29. The highest BCUT2D eigenvalue weighted by Crippen LogP contribution is 2.23. The lowest BCUT2D eigenvalue weighted by Crippen LogP contribution is -2.17. The van der Waals surface area contributed by atoms with Gasteiger partial charge in [0, 0.05) is 25.6 Å². The summed E-state index contributed by atoms with van der Waals surface area (Å²) in [7, 11) is 0. The molecule has 8 nitrogen and oxygen atoms in total. The Labute approximate surface area is 159 Å². The van der Waals surface area contributed by atoms with Crippen LogP contribution in [0.5, 0.6) is 0 Å². The zero-order valence-corrected chi connectivity index (χ0v) is 15.6. The lowest BCUT2D eigenvalue weighted by Gasteiger charge is -2.10. The Morgan fingerprint density at radius 2 is 1.67 bits per heavy atom. The van der Waals surface area contributed by atoms with Gasteiger partial charge in [0.2, 0.25) is 11.9 Å². The monoisotopic (exact) mass is 372 g/mol. The third-order valence-electron chi connectivity index (χ3n) is 3.96. The van der Waals surface area contributed by atoms with Crippen molar-refractivity contribution in [1.82, 2.24) is 15.0 Å². The van der Waals surface area contributed by atoms with E-state index in [0.29, 0.717) is 63.9 Å². The molecule has 1 fully saturated rings. The van der Waals surface area contributed by atoms with Crippen LogP contribution in [-0.2, 0) is 15.9 Å². The molecule has 0 aliphatic heterocycles. The van der Waals surface area contributed by atoms with Gasteiger partial charge in [-0.15, -0.1) is 0 Å². The van der Waals surface area contributed by atoms with E-state index in [4.69, 9.17) is 15.2 Å². The van der Waals surface area contributed by atoms with Crippen LogP contribution in [-0.4, -0.2) is 60.5 Å². The van der Waals surface area contributed by atoms with E-state index >= 15 is 0 Å². The summed E-state index contributed by atoms with van der Waals surface area (Å²) in [4.78, 5) is 13.6. The molecular weight excluding hydrogens is 344 g/mol. The fraction of sp³-hybridized carbons (Fsp3) is 0.526. The SMILES string of the molecule is NCCOCCOCCNc1nc(Cc2ccccc2)nc(NC2CC2)n1. The van der Waals surface area contributed by atoms with Crippen LogP contribution in [0.15, 0.2) is 30.3 Å². The van der Waals surface area contributed by atoms with E-state index in [0.717, 1.165) is 5.82 Å². The zero-order chi connectivity index (χ0) is 18.7. The summed E-state index contributed by atoms with van der Waals surface area (Å²) >= 11 is 0. The van der Waals surface area contributed by atoms with Crippen LogP contribution in [0.1, 0.15) is 24.2 Å². The van der Waals surface area contributed by atoms with Crippen LogP contribution >= 0.6 is 0 Å². The normalized spacial score (nSPS) is 13.5. The second-order valence-corrected chi connectivity index (χ2v) is 6.42. The summed E-state index contributed by atoms with van der Waals surface area (Å²) < 4.78 is 10.8. The maximum Gasteiger partial charge on any atom is 0.227 e. The first-order valence-corrected chi connectivity index (χ1v) is 9.48. The Morgan fingerprint density at radius 3 is 2.41 bits per heavy atom. The number of nitrogens with one attached hydrogen (secondary N) is 2. The first kappa shape index (κ1) is 19.5. The van der Waals surface area contributed by atoms with Crippen molar-refractivity contribution in [3.8, 4) is 0 Å². The van der Waals surface area contributed by atoms with Gasteiger partial charge in [-0.1, -0.05) is 30.3 Å². The van der Waals surface area contributed by atoms with E-state index in [-0.39, 0.29) is 0 Å². The molecule has 0 unspecified atom stereocenters. The molecule has 0 saturated heterocycles. The molecule has 0 spiro atoms. The molecule has 1 saturated carbocycles. The van der Waals surface area contributed by atoms with Crippen molar-refractivity contribution in [2.24, 2.45) is 5.73 Å². The minimum absolute atomic E-state index is 0.488. The Balaban J connectivity index is 1.51. The average Bonchev–Trinajstić information content (AvgIpc) is 3.48. The number of aromatic nitrogens is 3. The third kappa shape index (κ3) is 7.46. The minimum atomic E-state index is 0.488. The van der Waals surface area contributed by atoms with E-state index in [1.165, 1.54) is 18.4 Å². The maximum atomic E-state index is 5.52. The predicted molar refractivity (Wildman–Crippen MR) is 105 cm³/mol. The van der Waals surface area contributed by atoms with E-state index in [1.807, 2.05) is 18.2 Å². The molecular formula is C19H28N6O2. The van der Waals surface area contributed by atoms with Gasteiger partial charge < -0.3 is 25.8 Å². The molecule has 8 heteroatoms. The molecule has 2 aromatic rings. The van der Waals surface area contributed by atoms with Crippen molar-refractivity contribution in [1.29, 1.82) is 0 Å². The van der Waals surface area contributed by atoms with Gasteiger partial charge in [-0.2, -0.15) is 15.0 Å². The van der Waals surface area contributed by atoms with Crippen molar-refractivity contribution in [2.45, 2.75) is 25.3 Å². The van der Waals surface area contributed by atoms with Crippen LogP contribution in [0.3, 0.4) is 0 Å². The summed E-state index contributed by atoms with van der Waals surface area (Å²) in [5.41, 5.74) is 6.54. The van der Waals surface area contributed by atoms with E-state index in [1.54, 1.807) is 0 Å². The first-order chi connectivity index (χ1) is 13.3. The lowest BCUT2D eigenvalue weighted by atomic mass is 10.1. The van der Waals surface area contributed by atoms with Crippen molar-refractivity contribution in [3.05, 3.63) is 41.7 Å². The van der Waals surface area contributed by atoms with Gasteiger partial charge in [0.1, 0.15) is 5.82 Å². The van der Waals surface area contributed by atoms with Gasteiger partial charge in [0.05, 0.1) is 26.4 Å². The van der Waals surface area contributed by atoms with Crippen LogP contribution < -0.4 is 16.4 Å². The van der Waals surface area contributed by atoms with Crippen LogP contribution in [0, 0.1) is 0 Å². The predicted octanol–water partition coefficient (Wildman–Crippen LogP) is 1.44. The number of nitrogens with two attached hydrogens (primary N) is 1. The quantitative estimate of drug-likeness (QED) is 0.454. The maximum absolute atomic E-state index is 5.52. The molecule has 0 amide bonds. The first-order valence-electron chi connectivity index (χ1n) is 9.48.